The molecule has 1 aromatic rings. The van der Waals surface area contributed by atoms with Crippen molar-refractivity contribution in [2.24, 2.45) is 5.84 Å². The summed E-state index contributed by atoms with van der Waals surface area (Å²) in [6.45, 7) is 5.94. The summed E-state index contributed by atoms with van der Waals surface area (Å²) in [5, 5.41) is 0.371. The molecule has 0 aliphatic rings. The SMILES string of the molecule is CCC(C)(C)Oc1nc(NN)ncc1Cl. The van der Waals surface area contributed by atoms with Crippen LogP contribution in [0.3, 0.4) is 0 Å². The number of nitrogen functional groups attached to an aromatic ring is 1. The molecule has 0 aliphatic carbocycles. The van der Waals surface area contributed by atoms with Crippen molar-refractivity contribution in [1.29, 1.82) is 0 Å². The average molecular weight is 231 g/mol. The minimum absolute atomic E-state index is 0.279. The van der Waals surface area contributed by atoms with Crippen LogP contribution in [0.1, 0.15) is 27.2 Å². The van der Waals surface area contributed by atoms with E-state index in [-0.39, 0.29) is 11.5 Å². The van der Waals surface area contributed by atoms with E-state index in [0.29, 0.717) is 10.9 Å². The van der Waals surface area contributed by atoms with E-state index in [0.717, 1.165) is 6.42 Å². The molecular formula is C9H15ClN4O. The van der Waals surface area contributed by atoms with Gasteiger partial charge in [0.25, 0.3) is 0 Å². The van der Waals surface area contributed by atoms with Gasteiger partial charge in [-0.05, 0) is 20.3 Å². The summed E-state index contributed by atoms with van der Waals surface area (Å²) >= 11 is 5.90. The number of ether oxygens (including phenoxy) is 1. The van der Waals surface area contributed by atoms with E-state index in [9.17, 15) is 0 Å². The van der Waals surface area contributed by atoms with Crippen LogP contribution in [-0.4, -0.2) is 15.6 Å². The molecule has 0 spiro atoms. The first-order chi connectivity index (χ1) is 6.98. The van der Waals surface area contributed by atoms with Gasteiger partial charge in [0.05, 0.1) is 6.20 Å². The summed E-state index contributed by atoms with van der Waals surface area (Å²) in [7, 11) is 0. The second kappa shape index (κ2) is 4.63. The smallest absolute Gasteiger partial charge is 0.240 e. The Morgan fingerprint density at radius 2 is 2.27 bits per heavy atom. The van der Waals surface area contributed by atoms with E-state index < -0.39 is 0 Å². The molecule has 15 heavy (non-hydrogen) atoms. The number of anilines is 1. The number of aromatic nitrogens is 2. The number of nitrogens with zero attached hydrogens (tertiary/aromatic N) is 2. The molecule has 1 heterocycles. The van der Waals surface area contributed by atoms with Crippen molar-refractivity contribution >= 4 is 17.5 Å². The van der Waals surface area contributed by atoms with Gasteiger partial charge in [-0.3, -0.25) is 5.43 Å². The number of halogens is 1. The minimum Gasteiger partial charge on any atom is -0.470 e. The molecule has 0 aliphatic heterocycles. The van der Waals surface area contributed by atoms with E-state index in [4.69, 9.17) is 22.2 Å². The predicted molar refractivity (Wildman–Crippen MR) is 59.9 cm³/mol. The van der Waals surface area contributed by atoms with Gasteiger partial charge in [0.15, 0.2) is 0 Å². The maximum Gasteiger partial charge on any atom is 0.240 e. The number of nitrogens with one attached hydrogen (secondary N) is 1. The molecule has 1 aromatic heterocycles. The monoisotopic (exact) mass is 230 g/mol. The standard InChI is InChI=1S/C9H15ClN4O/c1-4-9(2,3)15-7-6(10)5-12-8(13-7)14-11/h5H,4,11H2,1-3H3,(H,12,13,14). The number of rotatable bonds is 4. The average Bonchev–Trinajstić information content (AvgIpc) is 2.21. The van der Waals surface area contributed by atoms with Crippen LogP contribution >= 0.6 is 11.6 Å². The van der Waals surface area contributed by atoms with Crippen LogP contribution in [0, 0.1) is 0 Å². The van der Waals surface area contributed by atoms with E-state index in [1.54, 1.807) is 0 Å². The molecular weight excluding hydrogens is 216 g/mol. The van der Waals surface area contributed by atoms with Crippen molar-refractivity contribution < 1.29 is 4.74 Å². The van der Waals surface area contributed by atoms with Crippen molar-refractivity contribution in [3.05, 3.63) is 11.2 Å². The zero-order valence-corrected chi connectivity index (χ0v) is 9.80. The van der Waals surface area contributed by atoms with Gasteiger partial charge >= 0.3 is 0 Å². The molecule has 0 amide bonds. The van der Waals surface area contributed by atoms with Gasteiger partial charge in [-0.1, -0.05) is 18.5 Å². The Hall–Kier alpha value is -1.07. The second-order valence-electron chi connectivity index (χ2n) is 3.71. The van der Waals surface area contributed by atoms with Crippen molar-refractivity contribution in [1.82, 2.24) is 9.97 Å². The Morgan fingerprint density at radius 1 is 1.60 bits per heavy atom. The summed E-state index contributed by atoms with van der Waals surface area (Å²) in [5.74, 6) is 5.81. The fourth-order valence-corrected chi connectivity index (χ4v) is 0.956. The Kier molecular flexibility index (Phi) is 3.71. The summed E-state index contributed by atoms with van der Waals surface area (Å²) < 4.78 is 5.65. The Morgan fingerprint density at radius 3 is 2.80 bits per heavy atom. The van der Waals surface area contributed by atoms with Crippen LogP contribution in [0.5, 0.6) is 5.88 Å². The number of hydrogen-bond donors (Lipinski definition) is 2. The van der Waals surface area contributed by atoms with E-state index in [1.807, 2.05) is 20.8 Å². The molecule has 84 valence electrons. The predicted octanol–water partition coefficient (Wildman–Crippen LogP) is 1.98. The lowest BCUT2D eigenvalue weighted by Gasteiger charge is -2.24. The van der Waals surface area contributed by atoms with E-state index in [2.05, 4.69) is 15.4 Å². The topological polar surface area (TPSA) is 73.1 Å². The fourth-order valence-electron chi connectivity index (χ4n) is 0.826. The second-order valence-corrected chi connectivity index (χ2v) is 4.11. The van der Waals surface area contributed by atoms with Crippen molar-refractivity contribution in [3.8, 4) is 5.88 Å². The molecule has 0 saturated carbocycles. The lowest BCUT2D eigenvalue weighted by molar-refractivity contribution is 0.0992. The molecule has 0 unspecified atom stereocenters. The highest BCUT2D eigenvalue weighted by Crippen LogP contribution is 2.26. The quantitative estimate of drug-likeness (QED) is 0.611. The van der Waals surface area contributed by atoms with Crippen molar-refractivity contribution in [2.75, 3.05) is 5.43 Å². The fraction of sp³-hybridized carbons (Fsp3) is 0.556. The molecule has 0 radical (unpaired) electrons. The largest absolute Gasteiger partial charge is 0.470 e. The zero-order chi connectivity index (χ0) is 11.5. The van der Waals surface area contributed by atoms with E-state index in [1.165, 1.54) is 6.20 Å². The molecule has 6 heteroatoms. The van der Waals surface area contributed by atoms with Gasteiger partial charge in [-0.15, -0.1) is 0 Å². The van der Waals surface area contributed by atoms with Gasteiger partial charge in [-0.25, -0.2) is 10.8 Å². The molecule has 5 nitrogen and oxygen atoms in total. The minimum atomic E-state index is -0.316. The molecule has 3 N–H and O–H groups in total. The van der Waals surface area contributed by atoms with Gasteiger partial charge in [0.2, 0.25) is 11.8 Å². The third-order valence-electron chi connectivity index (χ3n) is 2.07. The molecule has 0 atom stereocenters. The lowest BCUT2D eigenvalue weighted by atomic mass is 10.1. The Labute approximate surface area is 94.0 Å². The maximum absolute atomic E-state index is 5.90. The highest BCUT2D eigenvalue weighted by Gasteiger charge is 2.19. The summed E-state index contributed by atoms with van der Waals surface area (Å²) in [6, 6.07) is 0. The zero-order valence-electron chi connectivity index (χ0n) is 9.04. The Balaban J connectivity index is 2.93. The normalized spacial score (nSPS) is 11.3. The third kappa shape index (κ3) is 3.21. The van der Waals surface area contributed by atoms with Gasteiger partial charge < -0.3 is 4.74 Å². The number of hydrazine groups is 1. The van der Waals surface area contributed by atoms with Crippen LogP contribution in [0.25, 0.3) is 0 Å². The van der Waals surface area contributed by atoms with Gasteiger partial charge in [-0.2, -0.15) is 4.98 Å². The van der Waals surface area contributed by atoms with Crippen LogP contribution in [0.15, 0.2) is 6.20 Å². The summed E-state index contributed by atoms with van der Waals surface area (Å²) in [5.41, 5.74) is 2.02. The maximum atomic E-state index is 5.90. The van der Waals surface area contributed by atoms with Crippen LogP contribution in [0.2, 0.25) is 5.02 Å². The highest BCUT2D eigenvalue weighted by molar-refractivity contribution is 6.31. The first kappa shape index (κ1) is 12.0. The third-order valence-corrected chi connectivity index (χ3v) is 2.32. The van der Waals surface area contributed by atoms with Crippen LogP contribution in [-0.2, 0) is 0 Å². The Bertz CT molecular complexity index is 343. The molecule has 1 rings (SSSR count). The van der Waals surface area contributed by atoms with Crippen LogP contribution < -0.4 is 16.0 Å². The van der Waals surface area contributed by atoms with Gasteiger partial charge in [0, 0.05) is 0 Å². The molecule has 0 bridgehead atoms. The summed E-state index contributed by atoms with van der Waals surface area (Å²) in [4.78, 5) is 7.88. The molecule has 0 aromatic carbocycles. The first-order valence-corrected chi connectivity index (χ1v) is 5.04. The molecule has 0 fully saturated rings. The number of hydrogen-bond acceptors (Lipinski definition) is 5. The summed E-state index contributed by atoms with van der Waals surface area (Å²) in [6.07, 6.45) is 2.30. The molecule has 0 saturated heterocycles. The number of nitrogens with two attached hydrogens (primary N) is 1. The first-order valence-electron chi connectivity index (χ1n) is 4.66. The highest BCUT2D eigenvalue weighted by atomic mass is 35.5. The van der Waals surface area contributed by atoms with Crippen LogP contribution in [0.4, 0.5) is 5.95 Å². The van der Waals surface area contributed by atoms with Crippen molar-refractivity contribution in [2.45, 2.75) is 32.8 Å². The van der Waals surface area contributed by atoms with Crippen molar-refractivity contribution in [3.63, 3.8) is 0 Å². The van der Waals surface area contributed by atoms with E-state index >= 15 is 0 Å². The lowest BCUT2D eigenvalue weighted by Crippen LogP contribution is -2.27. The van der Waals surface area contributed by atoms with Gasteiger partial charge in [0.1, 0.15) is 10.6 Å².